The summed E-state index contributed by atoms with van der Waals surface area (Å²) in [7, 11) is 2.15. The summed E-state index contributed by atoms with van der Waals surface area (Å²) < 4.78 is 7.90. The van der Waals surface area contributed by atoms with E-state index in [-0.39, 0.29) is 11.9 Å². The largest absolute Gasteiger partial charge is 0.465 e. The third-order valence-corrected chi connectivity index (χ3v) is 7.94. The zero-order valence-corrected chi connectivity index (χ0v) is 18.8. The molecule has 0 radical (unpaired) electrons. The average molecular weight is 440 g/mol. The Morgan fingerprint density at radius 3 is 2.53 bits per heavy atom. The molecule has 1 unspecified atom stereocenters. The van der Waals surface area contributed by atoms with Crippen LogP contribution in [0.2, 0.25) is 0 Å². The number of hydrogen-bond donors (Lipinski definition) is 2. The summed E-state index contributed by atoms with van der Waals surface area (Å²) in [6.07, 6.45) is 6.11. The van der Waals surface area contributed by atoms with Crippen molar-refractivity contribution < 1.29 is 19.4 Å². The maximum absolute atomic E-state index is 13.2. The lowest BCUT2D eigenvalue weighted by Crippen LogP contribution is -2.46. The molecule has 2 amide bonds. The lowest BCUT2D eigenvalue weighted by molar-refractivity contribution is 0.0439. The van der Waals surface area contributed by atoms with Crippen LogP contribution in [-0.4, -0.2) is 58.9 Å². The smallest absolute Gasteiger partial charge is 0.404 e. The van der Waals surface area contributed by atoms with E-state index < -0.39 is 6.09 Å². The number of ether oxygens (including phenoxy) is 1. The van der Waals surface area contributed by atoms with Crippen LogP contribution in [0.4, 0.5) is 4.79 Å². The zero-order valence-electron chi connectivity index (χ0n) is 18.8. The van der Waals surface area contributed by atoms with E-state index in [0.717, 1.165) is 37.5 Å². The monoisotopic (exact) mass is 439 g/mol. The number of carboxylic acid groups (broad SMARTS) is 1. The Bertz CT molecular complexity index is 1020. The minimum Gasteiger partial charge on any atom is -0.465 e. The number of aryl methyl sites for hydroxylation is 1. The van der Waals surface area contributed by atoms with Gasteiger partial charge in [-0.05, 0) is 80.5 Å². The molecular formula is C25H33N3O4. The highest BCUT2D eigenvalue weighted by Gasteiger charge is 2.31. The fourth-order valence-electron chi connectivity index (χ4n) is 6.11. The Balaban J connectivity index is 1.36. The molecule has 1 aliphatic carbocycles. The van der Waals surface area contributed by atoms with E-state index in [1.807, 2.05) is 11.0 Å². The third kappa shape index (κ3) is 3.98. The minimum absolute atomic E-state index is 0.0510. The van der Waals surface area contributed by atoms with Crippen molar-refractivity contribution in [2.24, 2.45) is 18.9 Å². The van der Waals surface area contributed by atoms with Crippen LogP contribution in [0.15, 0.2) is 18.2 Å². The normalized spacial score (nSPS) is 22.7. The third-order valence-electron chi connectivity index (χ3n) is 7.94. The number of likely N-dealkylation sites (tertiary alicyclic amines) is 1. The maximum Gasteiger partial charge on any atom is 0.404 e. The van der Waals surface area contributed by atoms with Gasteiger partial charge in [-0.15, -0.1) is 0 Å². The van der Waals surface area contributed by atoms with Crippen molar-refractivity contribution in [3.8, 4) is 0 Å². The highest BCUT2D eigenvalue weighted by Crippen LogP contribution is 2.39. The van der Waals surface area contributed by atoms with Crippen LogP contribution in [0.1, 0.15) is 53.7 Å². The van der Waals surface area contributed by atoms with Gasteiger partial charge in [0.25, 0.3) is 5.91 Å². The van der Waals surface area contributed by atoms with Gasteiger partial charge in [-0.3, -0.25) is 4.79 Å². The van der Waals surface area contributed by atoms with Crippen molar-refractivity contribution in [3.63, 3.8) is 0 Å². The second kappa shape index (κ2) is 8.77. The minimum atomic E-state index is -0.992. The van der Waals surface area contributed by atoms with E-state index in [4.69, 9.17) is 9.84 Å². The number of carbonyl (C=O) groups is 2. The molecule has 7 nitrogen and oxygen atoms in total. The summed E-state index contributed by atoms with van der Waals surface area (Å²) in [5.74, 6) is 1.50. The molecule has 2 aromatic rings. The lowest BCUT2D eigenvalue weighted by atomic mass is 9.75. The molecule has 3 heterocycles. The predicted molar refractivity (Wildman–Crippen MR) is 122 cm³/mol. The molecule has 7 heteroatoms. The highest BCUT2D eigenvalue weighted by molar-refractivity contribution is 5.99. The molecule has 1 atom stereocenters. The topological polar surface area (TPSA) is 83.8 Å². The molecule has 3 aliphatic rings. The lowest BCUT2D eigenvalue weighted by Gasteiger charge is -2.33. The van der Waals surface area contributed by atoms with Crippen LogP contribution >= 0.6 is 0 Å². The van der Waals surface area contributed by atoms with Crippen molar-refractivity contribution in [1.29, 1.82) is 0 Å². The molecule has 2 aliphatic heterocycles. The predicted octanol–water partition coefficient (Wildman–Crippen LogP) is 3.58. The molecular weight excluding hydrogens is 406 g/mol. The number of aromatic nitrogens is 1. The van der Waals surface area contributed by atoms with Crippen molar-refractivity contribution in [2.75, 3.05) is 26.3 Å². The van der Waals surface area contributed by atoms with Gasteiger partial charge >= 0.3 is 6.09 Å². The van der Waals surface area contributed by atoms with Gasteiger partial charge in [0.15, 0.2) is 0 Å². The molecule has 5 rings (SSSR count). The Labute approximate surface area is 188 Å². The Hall–Kier alpha value is -2.54. The molecule has 32 heavy (non-hydrogen) atoms. The number of amides is 2. The van der Waals surface area contributed by atoms with E-state index in [1.165, 1.54) is 41.4 Å². The van der Waals surface area contributed by atoms with Crippen molar-refractivity contribution in [1.82, 2.24) is 14.8 Å². The molecule has 0 spiro atoms. The maximum atomic E-state index is 13.2. The van der Waals surface area contributed by atoms with Crippen LogP contribution in [0.3, 0.4) is 0 Å². The summed E-state index contributed by atoms with van der Waals surface area (Å²) in [5.41, 5.74) is 4.81. The molecule has 2 fully saturated rings. The number of nitrogens with zero attached hydrogens (tertiary/aromatic N) is 2. The number of hydrogen-bond acceptors (Lipinski definition) is 3. The van der Waals surface area contributed by atoms with E-state index in [1.54, 1.807) is 0 Å². The standard InChI is InChI=1S/C25H33N3O4/c1-27-22-4-2-17(16-8-12-32-13-9-16)14-20(22)21-15-18(3-5-23(21)27)24(29)28-10-6-19(7-11-28)26-25(30)31/h3,5,15-17,19,26H,2,4,6-14H2,1H3,(H,30,31). The van der Waals surface area contributed by atoms with Gasteiger partial charge in [0, 0.05) is 61.6 Å². The van der Waals surface area contributed by atoms with Gasteiger partial charge in [0.1, 0.15) is 0 Å². The second-order valence-electron chi connectivity index (χ2n) is 9.68. The van der Waals surface area contributed by atoms with Gasteiger partial charge in [-0.25, -0.2) is 4.79 Å². The number of carbonyl (C=O) groups excluding carboxylic acids is 1. The fraction of sp³-hybridized carbons (Fsp3) is 0.600. The van der Waals surface area contributed by atoms with Crippen LogP contribution in [0, 0.1) is 11.8 Å². The van der Waals surface area contributed by atoms with E-state index in [2.05, 4.69) is 29.1 Å². The van der Waals surface area contributed by atoms with Gasteiger partial charge in [0.05, 0.1) is 0 Å². The van der Waals surface area contributed by atoms with E-state index >= 15 is 0 Å². The average Bonchev–Trinajstić information content (AvgIpc) is 3.10. The molecule has 172 valence electrons. The summed E-state index contributed by atoms with van der Waals surface area (Å²) >= 11 is 0. The molecule has 2 N–H and O–H groups in total. The summed E-state index contributed by atoms with van der Waals surface area (Å²) in [5, 5.41) is 12.7. The quantitative estimate of drug-likeness (QED) is 0.766. The zero-order chi connectivity index (χ0) is 22.2. The number of benzene rings is 1. The first-order chi connectivity index (χ1) is 15.5. The first-order valence-electron chi connectivity index (χ1n) is 12.0. The van der Waals surface area contributed by atoms with Gasteiger partial charge in [-0.2, -0.15) is 0 Å². The number of rotatable bonds is 3. The van der Waals surface area contributed by atoms with Crippen LogP contribution in [0.5, 0.6) is 0 Å². The molecule has 2 saturated heterocycles. The van der Waals surface area contributed by atoms with Crippen molar-refractivity contribution in [2.45, 2.75) is 51.0 Å². The Kier molecular flexibility index (Phi) is 5.84. The number of nitrogens with one attached hydrogen (secondary N) is 1. The van der Waals surface area contributed by atoms with E-state index in [0.29, 0.717) is 31.8 Å². The summed E-state index contributed by atoms with van der Waals surface area (Å²) in [6.45, 7) is 2.95. The number of piperidine rings is 1. The van der Waals surface area contributed by atoms with Crippen molar-refractivity contribution >= 4 is 22.9 Å². The number of fused-ring (bicyclic) bond motifs is 3. The van der Waals surface area contributed by atoms with E-state index in [9.17, 15) is 9.59 Å². The van der Waals surface area contributed by atoms with Crippen LogP contribution < -0.4 is 5.32 Å². The highest BCUT2D eigenvalue weighted by atomic mass is 16.5. The van der Waals surface area contributed by atoms with Gasteiger partial charge in [0.2, 0.25) is 0 Å². The molecule has 1 aromatic carbocycles. The van der Waals surface area contributed by atoms with Gasteiger partial charge < -0.3 is 24.6 Å². The molecule has 0 saturated carbocycles. The Morgan fingerprint density at radius 1 is 1.06 bits per heavy atom. The SMILES string of the molecule is Cn1c2c(c3cc(C(=O)N4CCC(NC(=O)O)CC4)ccc31)CC(C1CCOCC1)CC2. The molecule has 0 bridgehead atoms. The summed E-state index contributed by atoms with van der Waals surface area (Å²) in [6, 6.07) is 6.09. The summed E-state index contributed by atoms with van der Waals surface area (Å²) in [4.78, 5) is 26.0. The van der Waals surface area contributed by atoms with Crippen molar-refractivity contribution in [3.05, 3.63) is 35.0 Å². The Morgan fingerprint density at radius 2 is 1.81 bits per heavy atom. The van der Waals surface area contributed by atoms with Crippen LogP contribution in [0.25, 0.3) is 10.9 Å². The second-order valence-corrected chi connectivity index (χ2v) is 9.68. The van der Waals surface area contributed by atoms with Crippen LogP contribution in [-0.2, 0) is 24.6 Å². The first kappa shape index (κ1) is 21.3. The fourth-order valence-corrected chi connectivity index (χ4v) is 6.11. The van der Waals surface area contributed by atoms with Gasteiger partial charge in [-0.1, -0.05) is 0 Å². The molecule has 1 aromatic heterocycles. The first-order valence-corrected chi connectivity index (χ1v) is 12.0.